The van der Waals surface area contributed by atoms with Crippen LogP contribution in [0, 0.1) is 11.3 Å². The number of hydrogen-bond acceptors (Lipinski definition) is 2. The smallest absolute Gasteiger partial charge is 0.0641 e. The topological polar surface area (TPSA) is 40.5 Å². The maximum Gasteiger partial charge on any atom is 0.0641 e. The van der Waals surface area contributed by atoms with E-state index in [1.807, 2.05) is 6.92 Å². The molecule has 2 fully saturated rings. The van der Waals surface area contributed by atoms with Crippen LogP contribution in [-0.4, -0.2) is 22.9 Å². The van der Waals surface area contributed by atoms with E-state index in [-0.39, 0.29) is 18.1 Å². The van der Waals surface area contributed by atoms with Crippen LogP contribution in [0.5, 0.6) is 0 Å². The second-order valence-electron chi connectivity index (χ2n) is 6.02. The molecule has 0 heterocycles. The van der Waals surface area contributed by atoms with Crippen molar-refractivity contribution in [2.24, 2.45) is 11.3 Å². The molecule has 2 saturated carbocycles. The van der Waals surface area contributed by atoms with Crippen molar-refractivity contribution in [2.75, 3.05) is 6.61 Å². The molecule has 0 aromatic rings. The van der Waals surface area contributed by atoms with Crippen molar-refractivity contribution >= 4 is 0 Å². The van der Waals surface area contributed by atoms with Gasteiger partial charge >= 0.3 is 0 Å². The lowest BCUT2D eigenvalue weighted by atomic mass is 9.56. The lowest BCUT2D eigenvalue weighted by molar-refractivity contribution is -0.0341. The van der Waals surface area contributed by atoms with E-state index >= 15 is 0 Å². The van der Waals surface area contributed by atoms with Crippen LogP contribution in [-0.2, 0) is 0 Å². The molecule has 2 nitrogen and oxygen atoms in total. The number of fused-ring (bicyclic) bond motifs is 1. The highest BCUT2D eigenvalue weighted by Gasteiger charge is 2.47. The zero-order valence-corrected chi connectivity index (χ0v) is 11.0. The number of hydrogen-bond donors (Lipinski definition) is 2. The predicted molar refractivity (Wildman–Crippen MR) is 69.6 cm³/mol. The number of rotatable bonds is 1. The highest BCUT2D eigenvalue weighted by atomic mass is 16.3. The molecule has 0 spiro atoms. The van der Waals surface area contributed by atoms with Crippen LogP contribution in [0.25, 0.3) is 0 Å². The predicted octanol–water partition coefficient (Wildman–Crippen LogP) is 2.81. The first-order valence-electron chi connectivity index (χ1n) is 6.63. The molecule has 2 rings (SSSR count). The van der Waals surface area contributed by atoms with Gasteiger partial charge in [0.1, 0.15) is 0 Å². The van der Waals surface area contributed by atoms with Crippen LogP contribution in [0.4, 0.5) is 0 Å². The molecule has 2 aliphatic carbocycles. The Balaban J connectivity index is 2.27. The average Bonchev–Trinajstić information content (AvgIpc) is 2.33. The quantitative estimate of drug-likeness (QED) is 0.687. The summed E-state index contributed by atoms with van der Waals surface area (Å²) in [4.78, 5) is 0. The monoisotopic (exact) mass is 236 g/mol. The van der Waals surface area contributed by atoms with Gasteiger partial charge in [-0.1, -0.05) is 24.6 Å². The Kier molecular flexibility index (Phi) is 3.46. The van der Waals surface area contributed by atoms with Gasteiger partial charge in [-0.25, -0.2) is 0 Å². The molecule has 0 bridgehead atoms. The molecule has 0 radical (unpaired) electrons. The standard InChI is InChI=1S/C15H24O2/c1-10-4-5-14(17)15(3)7-6-12(8-13(10)15)11(2)9-16/h13-14,16-17H,1,4-9H2,2-3H3/b12-11+/t13-,14+,15+/m1/s1. The Hall–Kier alpha value is -0.600. The fourth-order valence-corrected chi connectivity index (χ4v) is 3.51. The molecule has 2 heteroatoms. The van der Waals surface area contributed by atoms with E-state index in [1.165, 1.54) is 11.1 Å². The lowest BCUT2D eigenvalue weighted by Gasteiger charge is -2.50. The highest BCUT2D eigenvalue weighted by Crippen LogP contribution is 2.53. The second-order valence-corrected chi connectivity index (χ2v) is 6.02. The highest BCUT2D eigenvalue weighted by molar-refractivity contribution is 5.24. The summed E-state index contributed by atoms with van der Waals surface area (Å²) in [5.41, 5.74) is 3.79. The molecule has 2 aliphatic rings. The van der Waals surface area contributed by atoms with Gasteiger partial charge in [0.15, 0.2) is 0 Å². The van der Waals surface area contributed by atoms with E-state index in [2.05, 4.69) is 13.5 Å². The summed E-state index contributed by atoms with van der Waals surface area (Å²) in [6.45, 7) is 8.58. The van der Waals surface area contributed by atoms with Crippen molar-refractivity contribution in [2.45, 2.75) is 52.1 Å². The fraction of sp³-hybridized carbons (Fsp3) is 0.733. The van der Waals surface area contributed by atoms with Crippen molar-refractivity contribution in [3.63, 3.8) is 0 Å². The number of aliphatic hydroxyl groups is 2. The van der Waals surface area contributed by atoms with Gasteiger partial charge in [-0.3, -0.25) is 0 Å². The zero-order valence-electron chi connectivity index (χ0n) is 11.0. The zero-order chi connectivity index (χ0) is 12.6. The van der Waals surface area contributed by atoms with Crippen LogP contribution in [0.15, 0.2) is 23.3 Å². The van der Waals surface area contributed by atoms with Gasteiger partial charge in [0.2, 0.25) is 0 Å². The summed E-state index contributed by atoms with van der Waals surface area (Å²) in [6.07, 6.45) is 4.65. The summed E-state index contributed by atoms with van der Waals surface area (Å²) in [7, 11) is 0. The summed E-state index contributed by atoms with van der Waals surface area (Å²) < 4.78 is 0. The first kappa shape index (κ1) is 12.8. The largest absolute Gasteiger partial charge is 0.393 e. The molecule has 0 saturated heterocycles. The van der Waals surface area contributed by atoms with Crippen LogP contribution in [0.3, 0.4) is 0 Å². The summed E-state index contributed by atoms with van der Waals surface area (Å²) in [5.74, 6) is 0.400. The molecular formula is C15H24O2. The maximum absolute atomic E-state index is 10.3. The molecule has 2 N–H and O–H groups in total. The van der Waals surface area contributed by atoms with Gasteiger partial charge in [-0.15, -0.1) is 0 Å². The van der Waals surface area contributed by atoms with Crippen molar-refractivity contribution in [3.05, 3.63) is 23.3 Å². The van der Waals surface area contributed by atoms with Gasteiger partial charge < -0.3 is 10.2 Å². The first-order valence-corrected chi connectivity index (χ1v) is 6.63. The Labute approximate surface area is 104 Å². The number of aliphatic hydroxyl groups excluding tert-OH is 2. The minimum Gasteiger partial charge on any atom is -0.393 e. The molecule has 0 unspecified atom stereocenters. The maximum atomic E-state index is 10.3. The van der Waals surface area contributed by atoms with Crippen LogP contribution in [0.2, 0.25) is 0 Å². The molecule has 0 aromatic heterocycles. The SMILES string of the molecule is C=C1CC[C@H](O)[C@@]2(C)CC/C(=C(/C)CO)C[C@H]12. The van der Waals surface area contributed by atoms with Gasteiger partial charge in [-0.05, 0) is 50.5 Å². The number of allylic oxidation sites excluding steroid dienone is 2. The molecular weight excluding hydrogens is 212 g/mol. The Bertz CT molecular complexity index is 356. The lowest BCUT2D eigenvalue weighted by Crippen LogP contribution is -2.46. The molecule has 3 atom stereocenters. The third-order valence-electron chi connectivity index (χ3n) is 5.05. The van der Waals surface area contributed by atoms with E-state index in [0.717, 1.165) is 37.7 Å². The average molecular weight is 236 g/mol. The van der Waals surface area contributed by atoms with Crippen molar-refractivity contribution in [1.29, 1.82) is 0 Å². The van der Waals surface area contributed by atoms with Crippen molar-refractivity contribution in [1.82, 2.24) is 0 Å². The molecule has 96 valence electrons. The molecule has 17 heavy (non-hydrogen) atoms. The fourth-order valence-electron chi connectivity index (χ4n) is 3.51. The van der Waals surface area contributed by atoms with Gasteiger partial charge in [0.25, 0.3) is 0 Å². The molecule has 0 aliphatic heterocycles. The van der Waals surface area contributed by atoms with Gasteiger partial charge in [-0.2, -0.15) is 0 Å². The van der Waals surface area contributed by atoms with E-state index in [4.69, 9.17) is 0 Å². The van der Waals surface area contributed by atoms with Crippen LogP contribution in [0.1, 0.15) is 46.0 Å². The van der Waals surface area contributed by atoms with Gasteiger partial charge in [0.05, 0.1) is 12.7 Å². The molecule has 0 aromatic carbocycles. The van der Waals surface area contributed by atoms with E-state index < -0.39 is 0 Å². The Morgan fingerprint density at radius 1 is 1.47 bits per heavy atom. The van der Waals surface area contributed by atoms with E-state index in [0.29, 0.717) is 5.92 Å². The van der Waals surface area contributed by atoms with Gasteiger partial charge in [0, 0.05) is 5.41 Å². The summed E-state index contributed by atoms with van der Waals surface area (Å²) >= 11 is 0. The second kappa shape index (κ2) is 4.58. The van der Waals surface area contributed by atoms with Crippen LogP contribution >= 0.6 is 0 Å². The normalized spacial score (nSPS) is 41.1. The van der Waals surface area contributed by atoms with Crippen molar-refractivity contribution < 1.29 is 10.2 Å². The third-order valence-corrected chi connectivity index (χ3v) is 5.05. The minimum atomic E-state index is -0.186. The summed E-state index contributed by atoms with van der Waals surface area (Å²) in [6, 6.07) is 0. The Morgan fingerprint density at radius 2 is 2.18 bits per heavy atom. The molecule has 0 amide bonds. The summed E-state index contributed by atoms with van der Waals surface area (Å²) in [5, 5.41) is 19.5. The van der Waals surface area contributed by atoms with Crippen LogP contribution < -0.4 is 0 Å². The Morgan fingerprint density at radius 3 is 2.82 bits per heavy atom. The first-order chi connectivity index (χ1) is 7.99. The minimum absolute atomic E-state index is 0.00850. The van der Waals surface area contributed by atoms with E-state index in [1.54, 1.807) is 0 Å². The third kappa shape index (κ3) is 2.09. The van der Waals surface area contributed by atoms with E-state index in [9.17, 15) is 10.2 Å². The van der Waals surface area contributed by atoms with Crippen molar-refractivity contribution in [3.8, 4) is 0 Å².